The molecule has 1 aromatic carbocycles. The van der Waals surface area contributed by atoms with Crippen molar-refractivity contribution in [2.75, 3.05) is 25.2 Å². The highest BCUT2D eigenvalue weighted by Crippen LogP contribution is 2.31. The lowest BCUT2D eigenvalue weighted by Gasteiger charge is -2.23. The normalized spacial score (nSPS) is 17.1. The van der Waals surface area contributed by atoms with Crippen molar-refractivity contribution in [1.29, 1.82) is 0 Å². The van der Waals surface area contributed by atoms with Gasteiger partial charge in [-0.25, -0.2) is 0 Å². The minimum Gasteiger partial charge on any atom is -0.352 e. The molecule has 0 atom stereocenters. The standard InChI is InChI=1S/C15H16BrN3O3/c1-18(7-13(20)17-10-3-4-10)8-19-12-5-2-9(16)6-11(12)14(21)15(19)22/h2,5-6,10H,3-4,7-8H2,1H3,(H,17,20). The van der Waals surface area contributed by atoms with Crippen LogP contribution in [0, 0.1) is 0 Å². The number of hydrogen-bond donors (Lipinski definition) is 1. The van der Waals surface area contributed by atoms with Crippen molar-refractivity contribution in [1.82, 2.24) is 10.2 Å². The molecule has 0 aromatic heterocycles. The van der Waals surface area contributed by atoms with E-state index in [1.165, 1.54) is 4.90 Å². The molecule has 1 aliphatic carbocycles. The summed E-state index contributed by atoms with van der Waals surface area (Å²) in [6.45, 7) is 0.400. The molecule has 2 aliphatic rings. The van der Waals surface area contributed by atoms with Gasteiger partial charge in [0.1, 0.15) is 0 Å². The summed E-state index contributed by atoms with van der Waals surface area (Å²) >= 11 is 3.30. The molecule has 0 spiro atoms. The number of likely N-dealkylation sites (N-methyl/N-ethyl adjacent to an activating group) is 1. The van der Waals surface area contributed by atoms with E-state index in [0.717, 1.165) is 17.3 Å². The highest BCUT2D eigenvalue weighted by atomic mass is 79.9. The maximum Gasteiger partial charge on any atom is 0.300 e. The average molecular weight is 366 g/mol. The third-order valence-electron chi connectivity index (χ3n) is 3.67. The highest BCUT2D eigenvalue weighted by molar-refractivity contribution is 9.10. The Morgan fingerprint density at radius 1 is 1.41 bits per heavy atom. The minimum absolute atomic E-state index is 0.0565. The number of Topliss-reactive ketones (excluding diaryl/α,β-unsaturated/α-hetero) is 1. The quantitative estimate of drug-likeness (QED) is 0.794. The van der Waals surface area contributed by atoms with Crippen molar-refractivity contribution in [3.05, 3.63) is 28.2 Å². The Hall–Kier alpha value is -1.73. The summed E-state index contributed by atoms with van der Waals surface area (Å²) in [4.78, 5) is 39.0. The summed E-state index contributed by atoms with van der Waals surface area (Å²) in [5.41, 5.74) is 0.989. The molecule has 1 aliphatic heterocycles. The first-order valence-electron chi connectivity index (χ1n) is 7.09. The molecule has 6 nitrogen and oxygen atoms in total. The van der Waals surface area contributed by atoms with Crippen LogP contribution in [0.15, 0.2) is 22.7 Å². The fourth-order valence-corrected chi connectivity index (χ4v) is 2.81. The molecule has 0 bridgehead atoms. The van der Waals surface area contributed by atoms with E-state index >= 15 is 0 Å². The molecule has 1 N–H and O–H groups in total. The maximum absolute atomic E-state index is 12.1. The van der Waals surface area contributed by atoms with Crippen LogP contribution in [0.2, 0.25) is 0 Å². The third kappa shape index (κ3) is 3.05. The fourth-order valence-electron chi connectivity index (χ4n) is 2.45. The lowest BCUT2D eigenvalue weighted by molar-refractivity contribution is -0.122. The van der Waals surface area contributed by atoms with Crippen molar-refractivity contribution in [3.63, 3.8) is 0 Å². The second-order valence-corrected chi connectivity index (χ2v) is 6.64. The summed E-state index contributed by atoms with van der Waals surface area (Å²) in [6.07, 6.45) is 2.08. The van der Waals surface area contributed by atoms with Crippen LogP contribution in [0.5, 0.6) is 0 Å². The first kappa shape index (κ1) is 15.2. The fraction of sp³-hybridized carbons (Fsp3) is 0.400. The lowest BCUT2D eigenvalue weighted by atomic mass is 10.1. The molecule has 1 fully saturated rings. The summed E-state index contributed by atoms with van der Waals surface area (Å²) in [6, 6.07) is 5.49. The predicted molar refractivity (Wildman–Crippen MR) is 84.6 cm³/mol. The number of nitrogens with zero attached hydrogens (tertiary/aromatic N) is 2. The van der Waals surface area contributed by atoms with E-state index in [1.807, 2.05) is 0 Å². The number of benzene rings is 1. The van der Waals surface area contributed by atoms with Gasteiger partial charge in [0.25, 0.3) is 5.78 Å². The van der Waals surface area contributed by atoms with E-state index in [0.29, 0.717) is 17.3 Å². The van der Waals surface area contributed by atoms with E-state index in [-0.39, 0.29) is 19.1 Å². The largest absolute Gasteiger partial charge is 0.352 e. The SMILES string of the molecule is CN(CC(=O)NC1CC1)CN1C(=O)C(=O)c2cc(Br)ccc21. The molecule has 1 aromatic rings. The molecular formula is C15H16BrN3O3. The summed E-state index contributed by atoms with van der Waals surface area (Å²) < 4.78 is 0.756. The molecular weight excluding hydrogens is 350 g/mol. The van der Waals surface area contributed by atoms with Gasteiger partial charge in [-0.1, -0.05) is 15.9 Å². The van der Waals surface area contributed by atoms with Crippen LogP contribution in [-0.4, -0.2) is 48.8 Å². The van der Waals surface area contributed by atoms with Crippen molar-refractivity contribution < 1.29 is 14.4 Å². The lowest BCUT2D eigenvalue weighted by Crippen LogP contribution is -2.43. The number of carbonyl (C=O) groups is 3. The van der Waals surface area contributed by atoms with E-state index in [4.69, 9.17) is 0 Å². The zero-order valence-corrected chi connectivity index (χ0v) is 13.7. The van der Waals surface area contributed by atoms with Gasteiger partial charge in [0.15, 0.2) is 0 Å². The Morgan fingerprint density at radius 3 is 2.82 bits per heavy atom. The van der Waals surface area contributed by atoms with Gasteiger partial charge in [0, 0.05) is 10.5 Å². The van der Waals surface area contributed by atoms with Gasteiger partial charge < -0.3 is 5.32 Å². The van der Waals surface area contributed by atoms with Gasteiger partial charge >= 0.3 is 5.91 Å². The summed E-state index contributed by atoms with van der Waals surface area (Å²) in [5, 5.41) is 2.90. The highest BCUT2D eigenvalue weighted by Gasteiger charge is 2.36. The Balaban J connectivity index is 1.68. The maximum atomic E-state index is 12.1. The van der Waals surface area contributed by atoms with Crippen molar-refractivity contribution in [2.45, 2.75) is 18.9 Å². The molecule has 3 rings (SSSR count). The number of halogens is 1. The second-order valence-electron chi connectivity index (χ2n) is 5.72. The van der Waals surface area contributed by atoms with E-state index in [2.05, 4.69) is 21.2 Å². The average Bonchev–Trinajstić information content (AvgIpc) is 3.23. The van der Waals surface area contributed by atoms with Crippen LogP contribution in [0.3, 0.4) is 0 Å². The molecule has 7 heteroatoms. The number of hydrogen-bond acceptors (Lipinski definition) is 4. The number of carbonyl (C=O) groups excluding carboxylic acids is 3. The van der Waals surface area contributed by atoms with Crippen LogP contribution >= 0.6 is 15.9 Å². The molecule has 0 unspecified atom stereocenters. The van der Waals surface area contributed by atoms with Crippen molar-refractivity contribution in [2.24, 2.45) is 0 Å². The van der Waals surface area contributed by atoms with Crippen LogP contribution in [-0.2, 0) is 9.59 Å². The first-order chi connectivity index (χ1) is 10.5. The van der Waals surface area contributed by atoms with Crippen molar-refractivity contribution in [3.8, 4) is 0 Å². The third-order valence-corrected chi connectivity index (χ3v) is 4.17. The van der Waals surface area contributed by atoms with Crippen LogP contribution in [0.25, 0.3) is 0 Å². The molecule has 1 saturated carbocycles. The van der Waals surface area contributed by atoms with Crippen LogP contribution in [0.1, 0.15) is 23.2 Å². The zero-order chi connectivity index (χ0) is 15.9. The summed E-state index contributed by atoms with van der Waals surface area (Å²) in [7, 11) is 1.75. The molecule has 22 heavy (non-hydrogen) atoms. The van der Waals surface area contributed by atoms with E-state index < -0.39 is 11.7 Å². The second kappa shape index (κ2) is 5.81. The Bertz CT molecular complexity index is 657. The number of amides is 2. The van der Waals surface area contributed by atoms with Gasteiger partial charge in [0.2, 0.25) is 5.91 Å². The molecule has 0 saturated heterocycles. The Morgan fingerprint density at radius 2 is 2.14 bits per heavy atom. The predicted octanol–water partition coefficient (Wildman–Crippen LogP) is 1.15. The summed E-state index contributed by atoms with van der Waals surface area (Å²) in [5.74, 6) is -1.12. The zero-order valence-electron chi connectivity index (χ0n) is 12.1. The van der Waals surface area contributed by atoms with Crippen LogP contribution < -0.4 is 10.2 Å². The Labute approximate surface area is 136 Å². The molecule has 2 amide bonds. The van der Waals surface area contributed by atoms with Gasteiger partial charge in [-0.2, -0.15) is 0 Å². The topological polar surface area (TPSA) is 69.7 Å². The Kier molecular flexibility index (Phi) is 4.01. The number of fused-ring (bicyclic) bond motifs is 1. The molecule has 0 radical (unpaired) electrons. The van der Waals surface area contributed by atoms with Gasteiger partial charge in [0.05, 0.1) is 24.5 Å². The monoisotopic (exact) mass is 365 g/mol. The number of anilines is 1. The van der Waals surface area contributed by atoms with Crippen molar-refractivity contribution >= 4 is 39.2 Å². The van der Waals surface area contributed by atoms with E-state index in [1.54, 1.807) is 30.1 Å². The minimum atomic E-state index is -0.553. The van der Waals surface area contributed by atoms with Gasteiger partial charge in [-0.05, 0) is 38.1 Å². The number of ketones is 1. The van der Waals surface area contributed by atoms with Gasteiger partial charge in [-0.3, -0.25) is 24.2 Å². The number of rotatable bonds is 5. The van der Waals surface area contributed by atoms with Gasteiger partial charge in [-0.15, -0.1) is 0 Å². The number of nitrogens with one attached hydrogen (secondary N) is 1. The molecule has 116 valence electrons. The molecule has 1 heterocycles. The van der Waals surface area contributed by atoms with E-state index in [9.17, 15) is 14.4 Å². The first-order valence-corrected chi connectivity index (χ1v) is 7.88. The smallest absolute Gasteiger partial charge is 0.300 e. The van der Waals surface area contributed by atoms with Crippen LogP contribution in [0.4, 0.5) is 5.69 Å².